The second kappa shape index (κ2) is 5.26. The molecule has 0 spiro atoms. The van der Waals surface area contributed by atoms with Gasteiger partial charge in [-0.05, 0) is 29.8 Å². The van der Waals surface area contributed by atoms with E-state index in [1.165, 1.54) is 0 Å². The van der Waals surface area contributed by atoms with Gasteiger partial charge in [0.25, 0.3) is 0 Å². The summed E-state index contributed by atoms with van der Waals surface area (Å²) in [7, 11) is 0. The van der Waals surface area contributed by atoms with Crippen LogP contribution in [0.5, 0.6) is 0 Å². The van der Waals surface area contributed by atoms with Crippen LogP contribution < -0.4 is 0 Å². The van der Waals surface area contributed by atoms with E-state index in [2.05, 4.69) is 32.2 Å². The monoisotopic (exact) mass is 307 g/mol. The Morgan fingerprint density at radius 2 is 1.82 bits per heavy atom. The number of hydrogen-bond acceptors (Lipinski definition) is 3. The number of aromatic nitrogens is 2. The molecule has 0 aliphatic rings. The van der Waals surface area contributed by atoms with Crippen molar-refractivity contribution < 1.29 is 0 Å². The molecule has 0 aliphatic carbocycles. The summed E-state index contributed by atoms with van der Waals surface area (Å²) in [5, 5.41) is 17.2. The fourth-order valence-corrected chi connectivity index (χ4v) is 1.81. The van der Waals surface area contributed by atoms with Crippen LogP contribution >= 0.6 is 27.5 Å². The third kappa shape index (κ3) is 2.82. The number of nitrogens with zero attached hydrogens (tertiary/aromatic N) is 3. The lowest BCUT2D eigenvalue weighted by Gasteiger charge is -2.08. The van der Waals surface area contributed by atoms with E-state index in [4.69, 9.17) is 11.6 Å². The molecule has 0 saturated heterocycles. The molecule has 0 unspecified atom stereocenters. The van der Waals surface area contributed by atoms with Crippen molar-refractivity contribution in [3.05, 3.63) is 57.3 Å². The highest BCUT2D eigenvalue weighted by atomic mass is 79.9. The molecule has 0 radical (unpaired) electrons. The number of rotatable bonds is 2. The molecule has 2 aromatic rings. The van der Waals surface area contributed by atoms with Gasteiger partial charge in [0.1, 0.15) is 5.92 Å². The first-order chi connectivity index (χ1) is 8.20. The van der Waals surface area contributed by atoms with Crippen LogP contribution in [0.25, 0.3) is 0 Å². The Kier molecular flexibility index (Phi) is 3.72. The maximum Gasteiger partial charge on any atom is 0.151 e. The molecule has 0 aliphatic heterocycles. The normalized spacial score (nSPS) is 11.8. The first-order valence-corrected chi connectivity index (χ1v) is 6.02. The topological polar surface area (TPSA) is 49.6 Å². The molecule has 3 nitrogen and oxygen atoms in total. The Balaban J connectivity index is 2.37. The number of halogens is 2. The molecular formula is C12H7BrClN3. The number of nitriles is 1. The van der Waals surface area contributed by atoms with E-state index in [-0.39, 0.29) is 0 Å². The molecule has 84 valence electrons. The molecule has 0 amide bonds. The van der Waals surface area contributed by atoms with Gasteiger partial charge in [-0.25, -0.2) is 0 Å². The van der Waals surface area contributed by atoms with Gasteiger partial charge in [0.2, 0.25) is 0 Å². The van der Waals surface area contributed by atoms with E-state index in [1.54, 1.807) is 12.1 Å². The van der Waals surface area contributed by atoms with E-state index in [0.29, 0.717) is 10.8 Å². The Hall–Kier alpha value is -1.44. The second-order valence-corrected chi connectivity index (χ2v) is 4.70. The van der Waals surface area contributed by atoms with Crippen molar-refractivity contribution in [2.75, 3.05) is 0 Å². The molecule has 0 fully saturated rings. The van der Waals surface area contributed by atoms with Crippen molar-refractivity contribution in [2.24, 2.45) is 0 Å². The van der Waals surface area contributed by atoms with Gasteiger partial charge >= 0.3 is 0 Å². The fraction of sp³-hybridized carbons (Fsp3) is 0.0833. The van der Waals surface area contributed by atoms with Gasteiger partial charge in [-0.2, -0.15) is 10.4 Å². The van der Waals surface area contributed by atoms with Crippen molar-refractivity contribution in [3.63, 3.8) is 0 Å². The Morgan fingerprint density at radius 1 is 1.12 bits per heavy atom. The summed E-state index contributed by atoms with van der Waals surface area (Å²) in [6.45, 7) is 0. The van der Waals surface area contributed by atoms with Crippen LogP contribution in [0, 0.1) is 11.3 Å². The minimum Gasteiger partial charge on any atom is -0.197 e. The van der Waals surface area contributed by atoms with Crippen LogP contribution in [-0.2, 0) is 0 Å². The molecule has 1 atom stereocenters. The average Bonchev–Trinajstić information content (AvgIpc) is 2.35. The largest absolute Gasteiger partial charge is 0.197 e. The van der Waals surface area contributed by atoms with Crippen molar-refractivity contribution in [1.82, 2.24) is 10.2 Å². The molecule has 1 aromatic carbocycles. The van der Waals surface area contributed by atoms with E-state index in [9.17, 15) is 5.26 Å². The van der Waals surface area contributed by atoms with Crippen LogP contribution in [0.2, 0.25) is 5.15 Å². The number of hydrogen-bond donors (Lipinski definition) is 0. The predicted molar refractivity (Wildman–Crippen MR) is 68.6 cm³/mol. The summed E-state index contributed by atoms with van der Waals surface area (Å²) in [5.41, 5.74) is 1.48. The molecular weight excluding hydrogens is 302 g/mol. The zero-order valence-corrected chi connectivity index (χ0v) is 11.0. The highest BCUT2D eigenvalue weighted by Crippen LogP contribution is 2.23. The summed E-state index contributed by atoms with van der Waals surface area (Å²) < 4.78 is 0.972. The van der Waals surface area contributed by atoms with Gasteiger partial charge in [-0.1, -0.05) is 39.7 Å². The van der Waals surface area contributed by atoms with Crippen LogP contribution in [0.15, 0.2) is 40.9 Å². The van der Waals surface area contributed by atoms with Crippen LogP contribution in [-0.4, -0.2) is 10.2 Å². The van der Waals surface area contributed by atoms with Gasteiger partial charge in [0.05, 0.1) is 11.8 Å². The molecule has 5 heteroatoms. The molecule has 0 N–H and O–H groups in total. The first-order valence-electron chi connectivity index (χ1n) is 4.85. The van der Waals surface area contributed by atoms with Crippen LogP contribution in [0.3, 0.4) is 0 Å². The fourth-order valence-electron chi connectivity index (χ4n) is 1.45. The van der Waals surface area contributed by atoms with Crippen molar-refractivity contribution in [2.45, 2.75) is 5.92 Å². The van der Waals surface area contributed by atoms with Crippen molar-refractivity contribution in [1.29, 1.82) is 5.26 Å². The predicted octanol–water partition coefficient (Wildman–Crippen LogP) is 3.55. The third-order valence-corrected chi connectivity index (χ3v) is 3.01. The molecule has 17 heavy (non-hydrogen) atoms. The minimum atomic E-state index is -0.423. The Labute approximate surface area is 112 Å². The number of benzene rings is 1. The summed E-state index contributed by atoms with van der Waals surface area (Å²) in [4.78, 5) is 0. The highest BCUT2D eigenvalue weighted by molar-refractivity contribution is 9.10. The van der Waals surface area contributed by atoms with Crippen molar-refractivity contribution >= 4 is 27.5 Å². The van der Waals surface area contributed by atoms with E-state index in [1.807, 2.05) is 24.3 Å². The maximum atomic E-state index is 9.21. The van der Waals surface area contributed by atoms with E-state index in [0.717, 1.165) is 10.0 Å². The smallest absolute Gasteiger partial charge is 0.151 e. The van der Waals surface area contributed by atoms with Gasteiger partial charge in [-0.3, -0.25) is 0 Å². The summed E-state index contributed by atoms with van der Waals surface area (Å²) >= 11 is 9.02. The lowest BCUT2D eigenvalue weighted by atomic mass is 9.97. The van der Waals surface area contributed by atoms with Gasteiger partial charge < -0.3 is 0 Å². The lowest BCUT2D eigenvalue weighted by Crippen LogP contribution is -2.02. The molecule has 2 rings (SSSR count). The SMILES string of the molecule is N#C[C@H](c1ccc(Br)cc1)c1ccc(Cl)nn1. The highest BCUT2D eigenvalue weighted by Gasteiger charge is 2.15. The molecule has 0 saturated carbocycles. The zero-order chi connectivity index (χ0) is 12.3. The summed E-state index contributed by atoms with van der Waals surface area (Å²) in [6.07, 6.45) is 0. The van der Waals surface area contributed by atoms with E-state index < -0.39 is 5.92 Å². The first kappa shape index (κ1) is 12.0. The molecule has 1 aromatic heterocycles. The van der Waals surface area contributed by atoms with Gasteiger partial charge in [0, 0.05) is 4.47 Å². The zero-order valence-electron chi connectivity index (χ0n) is 8.64. The van der Waals surface area contributed by atoms with Crippen LogP contribution in [0.1, 0.15) is 17.2 Å². The van der Waals surface area contributed by atoms with Gasteiger partial charge in [-0.15, -0.1) is 5.10 Å². The summed E-state index contributed by atoms with van der Waals surface area (Å²) in [6, 6.07) is 13.1. The average molecular weight is 309 g/mol. The second-order valence-electron chi connectivity index (χ2n) is 3.39. The summed E-state index contributed by atoms with van der Waals surface area (Å²) in [5.74, 6) is -0.423. The quantitative estimate of drug-likeness (QED) is 0.852. The standard InChI is InChI=1S/C12H7BrClN3/c13-9-3-1-8(2-4-9)10(7-15)11-5-6-12(14)17-16-11/h1-6,10H/t10-/m1/s1. The Morgan fingerprint density at radius 3 is 2.35 bits per heavy atom. The van der Waals surface area contributed by atoms with Crippen LogP contribution in [0.4, 0.5) is 0 Å². The van der Waals surface area contributed by atoms with Gasteiger partial charge in [0.15, 0.2) is 5.15 Å². The molecule has 1 heterocycles. The minimum absolute atomic E-state index is 0.321. The maximum absolute atomic E-state index is 9.21. The lowest BCUT2D eigenvalue weighted by molar-refractivity contribution is 0.885. The third-order valence-electron chi connectivity index (χ3n) is 2.28. The van der Waals surface area contributed by atoms with E-state index >= 15 is 0 Å². The molecule has 0 bridgehead atoms. The van der Waals surface area contributed by atoms with Crippen molar-refractivity contribution in [3.8, 4) is 6.07 Å². The Bertz CT molecular complexity index is 500.